The van der Waals surface area contributed by atoms with Gasteiger partial charge in [0.15, 0.2) is 0 Å². The maximum atomic E-state index is 10.0. The second-order valence-electron chi connectivity index (χ2n) is 1.07. The molecule has 0 rings (SSSR count). The molecule has 32 valence electrons. The summed E-state index contributed by atoms with van der Waals surface area (Å²) in [4.78, 5) is 10.0. The second-order valence-corrected chi connectivity index (χ2v) is 1.07. The van der Waals surface area contributed by atoms with E-state index in [1.165, 1.54) is 7.85 Å². The summed E-state index contributed by atoms with van der Waals surface area (Å²) in [5.74, 6) is -0.681. The summed E-state index contributed by atoms with van der Waals surface area (Å²) in [7, 11) is 1.48. The van der Waals surface area contributed by atoms with Crippen molar-refractivity contribution in [1.82, 2.24) is 0 Å². The molecular weight excluding hydrogens is 78.8 g/mol. The van der Waals surface area contributed by atoms with Crippen LogP contribution >= 0.6 is 0 Å². The van der Waals surface area contributed by atoms with Crippen LogP contribution in [0.2, 0.25) is 0 Å². The number of rotatable bonds is 1. The highest BCUT2D eigenvalue weighted by Crippen LogP contribution is 1.74. The standard InChI is InChI=1S/C3H5BO2/c1-2(4)3(5)6/h1,4H2,(H,5,6)/i/hD. The van der Waals surface area contributed by atoms with Crippen molar-refractivity contribution in [3.8, 4) is 0 Å². The van der Waals surface area contributed by atoms with Gasteiger partial charge in [-0.2, -0.15) is 0 Å². The molecular formula is C3H5BO2. The lowest BCUT2D eigenvalue weighted by Crippen LogP contribution is -1.96. The van der Waals surface area contributed by atoms with Crippen molar-refractivity contribution < 1.29 is 9.90 Å². The molecule has 0 amide bonds. The molecule has 2 nitrogen and oxygen atoms in total. The summed E-state index contributed by atoms with van der Waals surface area (Å²) >= 11 is 0. The van der Waals surface area contributed by atoms with Crippen molar-refractivity contribution in [1.29, 1.82) is 1.43 Å². The van der Waals surface area contributed by atoms with Gasteiger partial charge in [0.2, 0.25) is 0 Å². The van der Waals surface area contributed by atoms with Crippen LogP contribution in [-0.2, 0) is 4.79 Å². The van der Waals surface area contributed by atoms with E-state index < -0.39 is 5.97 Å². The summed E-state index contributed by atoms with van der Waals surface area (Å²) < 4.78 is 6.03. The Labute approximate surface area is 38.4 Å². The highest BCUT2D eigenvalue weighted by Gasteiger charge is 1.90. The van der Waals surface area contributed by atoms with E-state index in [-0.39, 0.29) is 5.47 Å². The van der Waals surface area contributed by atoms with Crippen LogP contribution in [0, 0.1) is 0 Å². The Bertz CT molecular complexity index is 101. The first-order valence-corrected chi connectivity index (χ1v) is 1.51. The van der Waals surface area contributed by atoms with Crippen LogP contribution in [0.15, 0.2) is 12.1 Å². The van der Waals surface area contributed by atoms with E-state index in [0.29, 0.717) is 0 Å². The fourth-order valence-corrected chi connectivity index (χ4v) is 0. The highest BCUT2D eigenvalue weighted by molar-refractivity contribution is 6.34. The number of carboxylic acid groups (broad SMARTS) is 1. The van der Waals surface area contributed by atoms with E-state index in [1.54, 1.807) is 0 Å². The average Bonchev–Trinajstić information content (AvgIpc) is 1.65. The van der Waals surface area contributed by atoms with Crippen LogP contribution in [0.4, 0.5) is 0 Å². The second kappa shape index (κ2) is 1.65. The number of aliphatic carboxylic acids is 1. The van der Waals surface area contributed by atoms with Gasteiger partial charge in [0.05, 0.1) is 0 Å². The van der Waals surface area contributed by atoms with E-state index in [1.807, 2.05) is 0 Å². The monoisotopic (exact) mass is 85.0 g/mol. The molecule has 0 saturated carbocycles. The summed E-state index contributed by atoms with van der Waals surface area (Å²) in [5, 5.41) is 3.52. The van der Waals surface area contributed by atoms with E-state index >= 15 is 0 Å². The summed E-state index contributed by atoms with van der Waals surface area (Å²) in [6, 6.07) is 0. The Morgan fingerprint density at radius 3 is 2.67 bits per heavy atom. The highest BCUT2D eigenvalue weighted by atomic mass is 16.4. The van der Waals surface area contributed by atoms with Gasteiger partial charge in [-0.1, -0.05) is 6.58 Å². The molecule has 0 fully saturated rings. The van der Waals surface area contributed by atoms with Crippen molar-refractivity contribution in [3.05, 3.63) is 12.1 Å². The summed E-state index contributed by atoms with van der Waals surface area (Å²) in [5.41, 5.74) is 0.245. The Kier molecular flexibility index (Phi) is 0.951. The van der Waals surface area contributed by atoms with Crippen molar-refractivity contribution in [2.75, 3.05) is 0 Å². The number of carboxylic acids is 1. The van der Waals surface area contributed by atoms with Crippen molar-refractivity contribution in [2.24, 2.45) is 0 Å². The zero-order valence-corrected chi connectivity index (χ0v) is 3.52. The maximum Gasteiger partial charge on any atom is 0.321 e. The molecule has 0 aliphatic carbocycles. The van der Waals surface area contributed by atoms with Gasteiger partial charge in [-0.05, 0) is 5.47 Å². The van der Waals surface area contributed by atoms with Crippen LogP contribution in [-0.4, -0.2) is 18.9 Å². The predicted octanol–water partition coefficient (Wildman–Crippen LogP) is -0.782. The molecule has 1 N–H and O–H groups in total. The number of hydrogen-bond acceptors (Lipinski definition) is 2. The molecule has 0 bridgehead atoms. The maximum absolute atomic E-state index is 10.0. The lowest BCUT2D eigenvalue weighted by molar-refractivity contribution is -0.131. The zero-order valence-electron chi connectivity index (χ0n) is 4.52. The Morgan fingerprint density at radius 2 is 2.67 bits per heavy atom. The Morgan fingerprint density at radius 1 is 2.17 bits per heavy atom. The van der Waals surface area contributed by atoms with Gasteiger partial charge < -0.3 is 5.11 Å². The third kappa shape index (κ3) is 1.58. The van der Waals surface area contributed by atoms with Gasteiger partial charge in [-0.15, -0.1) is 0 Å². The Balaban J connectivity index is 3.58. The third-order valence-corrected chi connectivity index (χ3v) is 0.348. The van der Waals surface area contributed by atoms with Crippen LogP contribution < -0.4 is 0 Å². The minimum Gasteiger partial charge on any atom is -0.478 e. The minimum atomic E-state index is -0.681. The molecule has 0 aromatic heterocycles. The molecule has 0 unspecified atom stereocenters. The SMILES string of the molecule is [2H]OC(=O)C(B)=C. The van der Waals surface area contributed by atoms with E-state index in [4.69, 9.17) is 1.43 Å². The number of carbonyl (C=O) groups is 1. The molecule has 0 heterocycles. The van der Waals surface area contributed by atoms with E-state index in [9.17, 15) is 4.79 Å². The molecule has 0 aliphatic rings. The molecule has 0 spiro atoms. The topological polar surface area (TPSA) is 37.3 Å². The lowest BCUT2D eigenvalue weighted by atomic mass is 9.99. The van der Waals surface area contributed by atoms with Gasteiger partial charge in [-0.3, -0.25) is 0 Å². The van der Waals surface area contributed by atoms with E-state index in [0.717, 1.165) is 0 Å². The van der Waals surface area contributed by atoms with Crippen LogP contribution in [0.3, 0.4) is 0 Å². The van der Waals surface area contributed by atoms with E-state index in [2.05, 4.69) is 11.7 Å². The Hall–Kier alpha value is -0.725. The van der Waals surface area contributed by atoms with Gasteiger partial charge in [0.1, 0.15) is 7.85 Å². The smallest absolute Gasteiger partial charge is 0.321 e. The predicted molar refractivity (Wildman–Crippen MR) is 25.3 cm³/mol. The normalized spacial score (nSPS) is 9.00. The van der Waals surface area contributed by atoms with Crippen molar-refractivity contribution in [3.63, 3.8) is 0 Å². The first-order chi connectivity index (χ1) is 3.18. The van der Waals surface area contributed by atoms with Crippen LogP contribution in [0.1, 0.15) is 0 Å². The molecule has 3 heteroatoms. The van der Waals surface area contributed by atoms with Gasteiger partial charge >= 0.3 is 5.97 Å². The molecule has 0 atom stereocenters. The zero-order chi connectivity index (χ0) is 5.86. The quantitative estimate of drug-likeness (QED) is 0.335. The fourth-order valence-electron chi connectivity index (χ4n) is 0. The first kappa shape index (κ1) is 3.46. The first-order valence-electron chi connectivity index (χ1n) is 1.92. The van der Waals surface area contributed by atoms with Gasteiger partial charge in [0, 0.05) is 0 Å². The van der Waals surface area contributed by atoms with Crippen LogP contribution in [0.25, 0.3) is 1.43 Å². The molecule has 0 aliphatic heterocycles. The molecule has 0 aromatic carbocycles. The molecule has 0 saturated heterocycles. The largest absolute Gasteiger partial charge is 0.478 e. The average molecular weight is 84.9 g/mol. The van der Waals surface area contributed by atoms with Gasteiger partial charge in [-0.25, -0.2) is 4.79 Å². The molecule has 0 radical (unpaired) electrons. The summed E-state index contributed by atoms with van der Waals surface area (Å²) in [6.07, 6.45) is 0. The summed E-state index contributed by atoms with van der Waals surface area (Å²) in [6.45, 7) is 3.23. The number of hydrogen-bond donors (Lipinski definition) is 1. The van der Waals surface area contributed by atoms with Crippen molar-refractivity contribution >= 4 is 13.8 Å². The third-order valence-electron chi connectivity index (χ3n) is 0.348. The fraction of sp³-hybridized carbons (Fsp3) is 0. The van der Waals surface area contributed by atoms with Gasteiger partial charge in [0.25, 0.3) is 1.43 Å². The molecule has 0 aromatic rings. The lowest BCUT2D eigenvalue weighted by Gasteiger charge is -1.79. The van der Waals surface area contributed by atoms with Crippen molar-refractivity contribution in [2.45, 2.75) is 0 Å². The van der Waals surface area contributed by atoms with Crippen LogP contribution in [0.5, 0.6) is 0 Å². The molecule has 6 heavy (non-hydrogen) atoms. The minimum absolute atomic E-state index is 0.245.